The van der Waals surface area contributed by atoms with Crippen LogP contribution in [0.3, 0.4) is 0 Å². The Morgan fingerprint density at radius 3 is 2.75 bits per heavy atom. The smallest absolute Gasteiger partial charge is 0.140 e. The number of hydrogen-bond acceptors (Lipinski definition) is 2. The van der Waals surface area contributed by atoms with Crippen molar-refractivity contribution in [2.45, 2.75) is 13.3 Å². The second-order valence-corrected chi connectivity index (χ2v) is 8.37. The minimum atomic E-state index is 0.863. The molecule has 3 heterocycles. The molecule has 24 heavy (non-hydrogen) atoms. The zero-order valence-corrected chi connectivity index (χ0v) is 17.0. The molecule has 0 amide bonds. The number of fused-ring (bicyclic) bond motifs is 1. The maximum atomic E-state index is 4.97. The lowest BCUT2D eigenvalue weighted by atomic mass is 10.1. The number of imidazole rings is 1. The fraction of sp³-hybridized carbons (Fsp3) is 0.105. The van der Waals surface area contributed by atoms with Gasteiger partial charge in [0.05, 0.1) is 11.4 Å². The minimum absolute atomic E-state index is 0.863. The Hall–Kier alpha value is -1.43. The maximum Gasteiger partial charge on any atom is 0.140 e. The van der Waals surface area contributed by atoms with E-state index in [4.69, 9.17) is 4.98 Å². The van der Waals surface area contributed by atoms with Crippen molar-refractivity contribution in [2.75, 3.05) is 0 Å². The summed E-state index contributed by atoms with van der Waals surface area (Å²) in [6.07, 6.45) is 2.97. The molecule has 0 radical (unpaired) electrons. The van der Waals surface area contributed by atoms with Gasteiger partial charge in [0, 0.05) is 27.1 Å². The van der Waals surface area contributed by atoms with E-state index in [0.29, 0.717) is 0 Å². The average Bonchev–Trinajstić information content (AvgIpc) is 3.17. The van der Waals surface area contributed by atoms with Gasteiger partial charge < -0.3 is 4.40 Å². The van der Waals surface area contributed by atoms with Gasteiger partial charge in [0.2, 0.25) is 0 Å². The highest BCUT2D eigenvalue weighted by molar-refractivity contribution is 9.10. The van der Waals surface area contributed by atoms with E-state index in [0.717, 1.165) is 37.8 Å². The van der Waals surface area contributed by atoms with Gasteiger partial charge in [-0.3, -0.25) is 0 Å². The van der Waals surface area contributed by atoms with Crippen molar-refractivity contribution in [3.8, 4) is 11.3 Å². The van der Waals surface area contributed by atoms with Crippen molar-refractivity contribution >= 4 is 48.8 Å². The van der Waals surface area contributed by atoms with E-state index in [1.807, 2.05) is 6.07 Å². The molecule has 0 spiro atoms. The van der Waals surface area contributed by atoms with Gasteiger partial charge in [0.25, 0.3) is 0 Å². The molecule has 1 aromatic carbocycles. The van der Waals surface area contributed by atoms with Crippen LogP contribution in [0.5, 0.6) is 0 Å². The van der Waals surface area contributed by atoms with Crippen LogP contribution in [0.25, 0.3) is 16.9 Å². The van der Waals surface area contributed by atoms with Crippen LogP contribution < -0.4 is 0 Å². The highest BCUT2D eigenvalue weighted by Crippen LogP contribution is 2.31. The molecule has 0 bridgehead atoms. The first-order valence-corrected chi connectivity index (χ1v) is 10.1. The second-order valence-electron chi connectivity index (χ2n) is 5.76. The Bertz CT molecular complexity index is 1020. The Morgan fingerprint density at radius 2 is 2.00 bits per heavy atom. The van der Waals surface area contributed by atoms with E-state index in [1.165, 1.54) is 11.3 Å². The number of halogens is 2. The van der Waals surface area contributed by atoms with Gasteiger partial charge in [0.15, 0.2) is 0 Å². The van der Waals surface area contributed by atoms with Gasteiger partial charge >= 0.3 is 0 Å². The molecule has 0 saturated heterocycles. The number of aromatic nitrogens is 2. The average molecular weight is 462 g/mol. The summed E-state index contributed by atoms with van der Waals surface area (Å²) in [5.41, 5.74) is 6.88. The van der Waals surface area contributed by atoms with E-state index in [2.05, 4.69) is 90.5 Å². The van der Waals surface area contributed by atoms with Crippen LogP contribution in [0.4, 0.5) is 0 Å². The minimum Gasteiger partial charge on any atom is -0.302 e. The monoisotopic (exact) mass is 460 g/mol. The summed E-state index contributed by atoms with van der Waals surface area (Å²) in [4.78, 5) is 4.97. The number of aryl methyl sites for hydroxylation is 1. The molecule has 0 fully saturated rings. The number of rotatable bonds is 3. The van der Waals surface area contributed by atoms with Crippen molar-refractivity contribution < 1.29 is 0 Å². The highest BCUT2D eigenvalue weighted by atomic mass is 79.9. The number of thiophene rings is 1. The largest absolute Gasteiger partial charge is 0.302 e. The first-order chi connectivity index (χ1) is 11.6. The lowest BCUT2D eigenvalue weighted by Crippen LogP contribution is -1.97. The van der Waals surface area contributed by atoms with Gasteiger partial charge in [-0.05, 0) is 69.0 Å². The zero-order chi connectivity index (χ0) is 16.7. The molecule has 4 aromatic rings. The zero-order valence-electron chi connectivity index (χ0n) is 13.0. The van der Waals surface area contributed by atoms with Crippen LogP contribution in [0.1, 0.15) is 16.8 Å². The van der Waals surface area contributed by atoms with Crippen molar-refractivity contribution in [1.82, 2.24) is 9.38 Å². The van der Waals surface area contributed by atoms with E-state index < -0.39 is 0 Å². The molecule has 0 atom stereocenters. The number of benzene rings is 1. The van der Waals surface area contributed by atoms with Crippen molar-refractivity contribution in [3.05, 3.63) is 79.1 Å². The molecule has 0 N–H and O–H groups in total. The fourth-order valence-electron chi connectivity index (χ4n) is 2.94. The molecule has 0 aliphatic carbocycles. The number of hydrogen-bond donors (Lipinski definition) is 0. The molecule has 0 aliphatic heterocycles. The van der Waals surface area contributed by atoms with Gasteiger partial charge in [-0.1, -0.05) is 28.1 Å². The van der Waals surface area contributed by atoms with Crippen LogP contribution in [-0.2, 0) is 6.42 Å². The Balaban J connectivity index is 1.99. The summed E-state index contributed by atoms with van der Waals surface area (Å²) in [6.45, 7) is 2.10. The van der Waals surface area contributed by atoms with Crippen molar-refractivity contribution in [1.29, 1.82) is 0 Å². The molecule has 4 rings (SSSR count). The maximum absolute atomic E-state index is 4.97. The van der Waals surface area contributed by atoms with Gasteiger partial charge in [-0.15, -0.1) is 0 Å². The standard InChI is InChI=1S/C19H14Br2N2S/c1-12-7-16(21)10-23-17(8-13-5-6-24-11-13)18(22-19(12)23)14-3-2-4-15(20)9-14/h2-7,9-11H,8H2,1H3. The third kappa shape index (κ3) is 2.96. The first kappa shape index (κ1) is 16.1. The molecule has 0 unspecified atom stereocenters. The van der Waals surface area contributed by atoms with E-state index in [-0.39, 0.29) is 0 Å². The summed E-state index contributed by atoms with van der Waals surface area (Å²) < 4.78 is 4.35. The third-order valence-electron chi connectivity index (χ3n) is 4.02. The lowest BCUT2D eigenvalue weighted by molar-refractivity contribution is 1.02. The third-order valence-corrected chi connectivity index (χ3v) is 5.68. The van der Waals surface area contributed by atoms with Crippen LogP contribution in [-0.4, -0.2) is 9.38 Å². The molecule has 3 aromatic heterocycles. The van der Waals surface area contributed by atoms with E-state index in [1.54, 1.807) is 11.3 Å². The second kappa shape index (κ2) is 6.47. The summed E-state index contributed by atoms with van der Waals surface area (Å²) in [5, 5.41) is 4.33. The normalized spacial score (nSPS) is 11.3. The predicted octanol–water partition coefficient (Wildman–Crippen LogP) is 6.49. The Labute approximate surface area is 161 Å². The van der Waals surface area contributed by atoms with Crippen LogP contribution >= 0.6 is 43.2 Å². The highest BCUT2D eigenvalue weighted by Gasteiger charge is 2.16. The quantitative estimate of drug-likeness (QED) is 0.341. The molecule has 2 nitrogen and oxygen atoms in total. The first-order valence-electron chi connectivity index (χ1n) is 7.56. The van der Waals surface area contributed by atoms with Crippen molar-refractivity contribution in [3.63, 3.8) is 0 Å². The van der Waals surface area contributed by atoms with Gasteiger partial charge in [-0.2, -0.15) is 11.3 Å². The fourth-order valence-corrected chi connectivity index (χ4v) is 4.55. The lowest BCUT2D eigenvalue weighted by Gasteiger charge is -2.06. The predicted molar refractivity (Wildman–Crippen MR) is 108 cm³/mol. The van der Waals surface area contributed by atoms with Crippen LogP contribution in [0, 0.1) is 6.92 Å². The van der Waals surface area contributed by atoms with E-state index in [9.17, 15) is 0 Å². The Morgan fingerprint density at radius 1 is 1.12 bits per heavy atom. The molecular formula is C19H14Br2N2S. The molecule has 0 saturated carbocycles. The summed E-state index contributed by atoms with van der Waals surface area (Å²) in [7, 11) is 0. The van der Waals surface area contributed by atoms with E-state index >= 15 is 0 Å². The van der Waals surface area contributed by atoms with Gasteiger partial charge in [0.1, 0.15) is 5.65 Å². The summed E-state index contributed by atoms with van der Waals surface area (Å²) >= 11 is 8.92. The molecule has 5 heteroatoms. The van der Waals surface area contributed by atoms with Crippen LogP contribution in [0.2, 0.25) is 0 Å². The number of pyridine rings is 1. The molecular weight excluding hydrogens is 448 g/mol. The number of nitrogens with zero attached hydrogens (tertiary/aromatic N) is 2. The Kier molecular flexibility index (Phi) is 4.33. The molecule has 120 valence electrons. The molecule has 0 aliphatic rings. The summed E-state index contributed by atoms with van der Waals surface area (Å²) in [5.74, 6) is 0. The van der Waals surface area contributed by atoms with Crippen LogP contribution in [0.15, 0.2) is 62.3 Å². The van der Waals surface area contributed by atoms with Crippen molar-refractivity contribution in [2.24, 2.45) is 0 Å². The topological polar surface area (TPSA) is 17.3 Å². The SMILES string of the molecule is Cc1cc(Br)cn2c(Cc3ccsc3)c(-c3cccc(Br)c3)nc12. The van der Waals surface area contributed by atoms with Gasteiger partial charge in [-0.25, -0.2) is 4.98 Å². The summed E-state index contributed by atoms with van der Waals surface area (Å²) in [6, 6.07) is 12.6.